The van der Waals surface area contributed by atoms with Crippen molar-refractivity contribution in [2.24, 2.45) is 7.05 Å². The van der Waals surface area contributed by atoms with E-state index in [0.717, 1.165) is 16.0 Å². The standard InChI is InChI=1S/C23H23N5O4/c1-27-11-10-24-21(27)20(17-4-3-5-18(12-17)32-2)26-22(30)16-8-6-15(7-9-16)14-28-19(29)13-25-23(28)31/h3-12,20H,13-14H2,1-2H3,(H,25,31)(H,26,30)/t20-/m0/s1. The van der Waals surface area contributed by atoms with Crippen LogP contribution in [0.25, 0.3) is 0 Å². The van der Waals surface area contributed by atoms with Crippen LogP contribution in [0.15, 0.2) is 60.9 Å². The summed E-state index contributed by atoms with van der Waals surface area (Å²) in [6.45, 7) is 0.171. The third-order valence-electron chi connectivity index (χ3n) is 5.31. The number of imidazole rings is 1. The van der Waals surface area contributed by atoms with Gasteiger partial charge in [0.25, 0.3) is 5.91 Å². The zero-order chi connectivity index (χ0) is 22.7. The highest BCUT2D eigenvalue weighted by molar-refractivity contribution is 6.01. The van der Waals surface area contributed by atoms with Gasteiger partial charge in [-0.1, -0.05) is 24.3 Å². The Balaban J connectivity index is 1.54. The predicted molar refractivity (Wildman–Crippen MR) is 116 cm³/mol. The summed E-state index contributed by atoms with van der Waals surface area (Å²) >= 11 is 0. The smallest absolute Gasteiger partial charge is 0.324 e. The Bertz CT molecular complexity index is 1140. The molecule has 4 rings (SSSR count). The first-order valence-electron chi connectivity index (χ1n) is 10.1. The summed E-state index contributed by atoms with van der Waals surface area (Å²) in [6.07, 6.45) is 3.50. The molecule has 9 heteroatoms. The second-order valence-corrected chi connectivity index (χ2v) is 7.41. The number of imide groups is 1. The van der Waals surface area contributed by atoms with Gasteiger partial charge in [-0.25, -0.2) is 9.78 Å². The molecule has 4 amide bonds. The zero-order valence-corrected chi connectivity index (χ0v) is 17.7. The van der Waals surface area contributed by atoms with Gasteiger partial charge >= 0.3 is 6.03 Å². The van der Waals surface area contributed by atoms with E-state index in [-0.39, 0.29) is 24.9 Å². The van der Waals surface area contributed by atoms with E-state index in [4.69, 9.17) is 4.74 Å². The first-order valence-corrected chi connectivity index (χ1v) is 10.1. The Morgan fingerprint density at radius 1 is 1.22 bits per heavy atom. The number of carbonyl (C=O) groups excluding carboxylic acids is 3. The monoisotopic (exact) mass is 433 g/mol. The Hall–Kier alpha value is -4.14. The minimum Gasteiger partial charge on any atom is -0.497 e. The first-order chi connectivity index (χ1) is 15.5. The molecule has 164 valence electrons. The lowest BCUT2D eigenvalue weighted by Crippen LogP contribution is -2.31. The molecule has 0 spiro atoms. The highest BCUT2D eigenvalue weighted by atomic mass is 16.5. The minimum absolute atomic E-state index is 0.0121. The number of hydrogen-bond acceptors (Lipinski definition) is 5. The summed E-state index contributed by atoms with van der Waals surface area (Å²) in [5.74, 6) is 0.818. The SMILES string of the molecule is COc1cccc([C@H](NC(=O)c2ccc(CN3C(=O)CNC3=O)cc2)c2nccn2C)c1. The van der Waals surface area contributed by atoms with Gasteiger partial charge in [-0.2, -0.15) is 0 Å². The second-order valence-electron chi connectivity index (χ2n) is 7.41. The molecular formula is C23H23N5O4. The van der Waals surface area contributed by atoms with Crippen LogP contribution in [0, 0.1) is 0 Å². The fourth-order valence-electron chi connectivity index (χ4n) is 3.55. The second kappa shape index (κ2) is 8.93. The predicted octanol–water partition coefficient (Wildman–Crippen LogP) is 2.00. The van der Waals surface area contributed by atoms with Gasteiger partial charge in [0.1, 0.15) is 17.6 Å². The normalized spacial score (nSPS) is 14.2. The fourth-order valence-corrected chi connectivity index (χ4v) is 3.55. The molecule has 9 nitrogen and oxygen atoms in total. The van der Waals surface area contributed by atoms with Gasteiger partial charge in [-0.3, -0.25) is 14.5 Å². The van der Waals surface area contributed by atoms with Crippen molar-refractivity contribution in [3.05, 3.63) is 83.4 Å². The van der Waals surface area contributed by atoms with E-state index < -0.39 is 12.1 Å². The Kier molecular flexibility index (Phi) is 5.89. The van der Waals surface area contributed by atoms with Crippen molar-refractivity contribution < 1.29 is 19.1 Å². The van der Waals surface area contributed by atoms with Crippen LogP contribution in [0.4, 0.5) is 4.79 Å². The van der Waals surface area contributed by atoms with Crippen molar-refractivity contribution in [2.45, 2.75) is 12.6 Å². The number of aromatic nitrogens is 2. The molecule has 0 aliphatic carbocycles. The van der Waals surface area contributed by atoms with Gasteiger partial charge < -0.3 is 19.9 Å². The zero-order valence-electron chi connectivity index (χ0n) is 17.7. The van der Waals surface area contributed by atoms with Crippen LogP contribution in [0.2, 0.25) is 0 Å². The Labute approximate surface area is 185 Å². The third-order valence-corrected chi connectivity index (χ3v) is 5.31. The Morgan fingerprint density at radius 3 is 2.62 bits per heavy atom. The molecule has 2 aromatic carbocycles. The molecule has 2 heterocycles. The average Bonchev–Trinajstić information content (AvgIpc) is 3.37. The maximum absolute atomic E-state index is 13.0. The lowest BCUT2D eigenvalue weighted by molar-refractivity contribution is -0.125. The topological polar surface area (TPSA) is 106 Å². The van der Waals surface area contributed by atoms with Crippen LogP contribution in [0.1, 0.15) is 33.4 Å². The quantitative estimate of drug-likeness (QED) is 0.555. The summed E-state index contributed by atoms with van der Waals surface area (Å²) in [6, 6.07) is 13.4. The number of rotatable bonds is 7. The van der Waals surface area contributed by atoms with Crippen LogP contribution in [-0.2, 0) is 18.4 Å². The van der Waals surface area contributed by atoms with Crippen molar-refractivity contribution in [3.63, 3.8) is 0 Å². The molecule has 1 atom stereocenters. The molecule has 3 aromatic rings. The van der Waals surface area contributed by atoms with Gasteiger partial charge in [-0.15, -0.1) is 0 Å². The minimum atomic E-state index is -0.483. The van der Waals surface area contributed by atoms with Crippen LogP contribution < -0.4 is 15.4 Å². The molecular weight excluding hydrogens is 410 g/mol. The molecule has 1 aliphatic heterocycles. The number of methoxy groups -OCH3 is 1. The van der Waals surface area contributed by atoms with Crippen molar-refractivity contribution in [3.8, 4) is 5.75 Å². The van der Waals surface area contributed by atoms with Gasteiger partial charge in [0.15, 0.2) is 0 Å². The van der Waals surface area contributed by atoms with Crippen LogP contribution in [0.5, 0.6) is 5.75 Å². The van der Waals surface area contributed by atoms with E-state index >= 15 is 0 Å². The fraction of sp³-hybridized carbons (Fsp3) is 0.217. The maximum Gasteiger partial charge on any atom is 0.324 e. The number of amides is 4. The molecule has 1 aliphatic rings. The van der Waals surface area contributed by atoms with E-state index in [1.807, 2.05) is 42.1 Å². The number of nitrogens with one attached hydrogen (secondary N) is 2. The van der Waals surface area contributed by atoms with Crippen LogP contribution in [-0.4, -0.2) is 46.0 Å². The largest absolute Gasteiger partial charge is 0.497 e. The summed E-state index contributed by atoms with van der Waals surface area (Å²) in [5, 5.41) is 5.53. The number of aryl methyl sites for hydroxylation is 1. The third kappa shape index (κ3) is 4.31. The lowest BCUT2D eigenvalue weighted by atomic mass is 10.0. The van der Waals surface area contributed by atoms with E-state index in [1.54, 1.807) is 37.6 Å². The molecule has 2 N–H and O–H groups in total. The van der Waals surface area contributed by atoms with Crippen LogP contribution in [0.3, 0.4) is 0 Å². The van der Waals surface area contributed by atoms with E-state index in [9.17, 15) is 14.4 Å². The maximum atomic E-state index is 13.0. The summed E-state index contributed by atoms with van der Waals surface area (Å²) in [4.78, 5) is 42.1. The molecule has 32 heavy (non-hydrogen) atoms. The number of hydrogen-bond donors (Lipinski definition) is 2. The molecule has 0 radical (unpaired) electrons. The van der Waals surface area contributed by atoms with Gasteiger partial charge in [0.2, 0.25) is 5.91 Å². The molecule has 0 unspecified atom stereocenters. The Morgan fingerprint density at radius 2 is 2.00 bits per heavy atom. The summed E-state index contributed by atoms with van der Waals surface area (Å²) < 4.78 is 7.18. The van der Waals surface area contributed by atoms with E-state index in [0.29, 0.717) is 17.1 Å². The lowest BCUT2D eigenvalue weighted by Gasteiger charge is -2.20. The van der Waals surface area contributed by atoms with Crippen LogP contribution >= 0.6 is 0 Å². The van der Waals surface area contributed by atoms with Crippen molar-refractivity contribution in [2.75, 3.05) is 13.7 Å². The van der Waals surface area contributed by atoms with Crippen molar-refractivity contribution in [1.29, 1.82) is 0 Å². The number of carbonyl (C=O) groups is 3. The van der Waals surface area contributed by atoms with E-state index in [2.05, 4.69) is 15.6 Å². The van der Waals surface area contributed by atoms with Gasteiger partial charge in [0.05, 0.1) is 20.2 Å². The van der Waals surface area contributed by atoms with Crippen molar-refractivity contribution >= 4 is 17.8 Å². The number of ether oxygens (including phenoxy) is 1. The van der Waals surface area contributed by atoms with Gasteiger partial charge in [-0.05, 0) is 35.4 Å². The number of benzene rings is 2. The molecule has 0 saturated carbocycles. The first kappa shape index (κ1) is 21.1. The summed E-state index contributed by atoms with van der Waals surface area (Å²) in [7, 11) is 3.46. The summed E-state index contributed by atoms with van der Waals surface area (Å²) in [5.41, 5.74) is 2.04. The molecule has 1 fully saturated rings. The molecule has 1 aromatic heterocycles. The van der Waals surface area contributed by atoms with Crippen molar-refractivity contribution in [1.82, 2.24) is 25.1 Å². The molecule has 0 bridgehead atoms. The average molecular weight is 433 g/mol. The molecule has 1 saturated heterocycles. The highest BCUT2D eigenvalue weighted by Gasteiger charge is 2.28. The highest BCUT2D eigenvalue weighted by Crippen LogP contribution is 2.24. The van der Waals surface area contributed by atoms with Gasteiger partial charge in [0, 0.05) is 25.0 Å². The number of urea groups is 1. The number of nitrogens with zero attached hydrogens (tertiary/aromatic N) is 3. The van der Waals surface area contributed by atoms with E-state index in [1.165, 1.54) is 0 Å².